The fraction of sp³-hybridized carbons (Fsp3) is 0.667. The second kappa shape index (κ2) is 3.98. The van der Waals surface area contributed by atoms with Crippen LogP contribution in [0, 0.1) is 0 Å². The van der Waals surface area contributed by atoms with Crippen LogP contribution in [-0.4, -0.2) is 41.4 Å². The van der Waals surface area contributed by atoms with E-state index in [0.717, 1.165) is 18.9 Å². The second-order valence-electron chi connectivity index (χ2n) is 5.47. The molecule has 1 fully saturated rings. The molecule has 1 aromatic heterocycles. The lowest BCUT2D eigenvalue weighted by Gasteiger charge is -2.27. The molecule has 0 amide bonds. The monoisotopic (exact) mass is 250 g/mol. The van der Waals surface area contributed by atoms with Gasteiger partial charge >= 0.3 is 0 Å². The first-order valence-electron chi connectivity index (χ1n) is 6.28. The van der Waals surface area contributed by atoms with Crippen LogP contribution in [0.2, 0.25) is 0 Å². The van der Waals surface area contributed by atoms with E-state index in [2.05, 4.69) is 29.0 Å². The molecule has 0 radical (unpaired) electrons. The van der Waals surface area contributed by atoms with Crippen molar-refractivity contribution in [1.29, 1.82) is 0 Å². The third-order valence-corrected chi connectivity index (χ3v) is 3.33. The Labute approximate surface area is 106 Å². The first-order valence-corrected chi connectivity index (χ1v) is 6.28. The van der Waals surface area contributed by atoms with Crippen LogP contribution in [0.5, 0.6) is 0 Å². The zero-order chi connectivity index (χ0) is 12.8. The van der Waals surface area contributed by atoms with Crippen LogP contribution in [0.1, 0.15) is 13.8 Å². The number of hydrogen-bond donors (Lipinski definition) is 1. The van der Waals surface area contributed by atoms with E-state index in [0.29, 0.717) is 25.7 Å². The summed E-state index contributed by atoms with van der Waals surface area (Å²) in [6.45, 7) is 7.76. The minimum atomic E-state index is -0.108. The largest absolute Gasteiger partial charge is 0.378 e. The third kappa shape index (κ3) is 1.96. The number of morpholine rings is 1. The van der Waals surface area contributed by atoms with Crippen molar-refractivity contribution in [2.45, 2.75) is 25.9 Å². The number of rotatable bonds is 1. The van der Waals surface area contributed by atoms with Crippen LogP contribution in [-0.2, 0) is 11.3 Å². The average Bonchev–Trinajstić information content (AvgIpc) is 2.65. The molecule has 6 heteroatoms. The highest BCUT2D eigenvalue weighted by atomic mass is 16.5. The van der Waals surface area contributed by atoms with E-state index in [1.807, 2.05) is 0 Å². The SMILES string of the molecule is CC1(C)Cn2c(nc(N3CCOCC3)cc2=O)N1. The maximum absolute atomic E-state index is 12.1. The van der Waals surface area contributed by atoms with E-state index in [1.54, 1.807) is 10.6 Å². The summed E-state index contributed by atoms with van der Waals surface area (Å²) in [7, 11) is 0. The van der Waals surface area contributed by atoms with Crippen LogP contribution >= 0.6 is 0 Å². The summed E-state index contributed by atoms with van der Waals surface area (Å²) in [5.74, 6) is 1.42. The summed E-state index contributed by atoms with van der Waals surface area (Å²) in [5.41, 5.74) is -0.0949. The summed E-state index contributed by atoms with van der Waals surface area (Å²) in [6, 6.07) is 1.62. The number of anilines is 2. The van der Waals surface area contributed by atoms with Crippen LogP contribution in [0.3, 0.4) is 0 Å². The summed E-state index contributed by atoms with van der Waals surface area (Å²) >= 11 is 0. The van der Waals surface area contributed by atoms with Crippen LogP contribution in [0.15, 0.2) is 10.9 Å². The minimum absolute atomic E-state index is 0.0135. The van der Waals surface area contributed by atoms with Gasteiger partial charge in [0, 0.05) is 19.2 Å². The molecule has 0 saturated carbocycles. The van der Waals surface area contributed by atoms with E-state index in [1.165, 1.54) is 0 Å². The van der Waals surface area contributed by atoms with Crippen molar-refractivity contribution in [3.63, 3.8) is 0 Å². The van der Waals surface area contributed by atoms with Gasteiger partial charge in [0.1, 0.15) is 5.82 Å². The molecule has 0 unspecified atom stereocenters. The smallest absolute Gasteiger partial charge is 0.257 e. The van der Waals surface area contributed by atoms with Crippen molar-refractivity contribution >= 4 is 11.8 Å². The van der Waals surface area contributed by atoms with Crippen LogP contribution < -0.4 is 15.8 Å². The molecule has 1 saturated heterocycles. The lowest BCUT2D eigenvalue weighted by atomic mass is 10.1. The molecule has 0 aliphatic carbocycles. The summed E-state index contributed by atoms with van der Waals surface area (Å²) < 4.78 is 7.01. The maximum atomic E-state index is 12.1. The molecule has 3 heterocycles. The van der Waals surface area contributed by atoms with Gasteiger partial charge in [0.2, 0.25) is 5.95 Å². The third-order valence-electron chi connectivity index (χ3n) is 3.33. The predicted molar refractivity (Wildman–Crippen MR) is 69.2 cm³/mol. The molecule has 0 spiro atoms. The number of fused-ring (bicyclic) bond motifs is 1. The molecule has 2 aliphatic heterocycles. The molecular weight excluding hydrogens is 232 g/mol. The molecule has 2 aliphatic rings. The molecule has 6 nitrogen and oxygen atoms in total. The van der Waals surface area contributed by atoms with E-state index in [4.69, 9.17) is 4.74 Å². The average molecular weight is 250 g/mol. The number of nitrogens with zero attached hydrogens (tertiary/aromatic N) is 3. The molecule has 0 bridgehead atoms. The molecule has 0 aromatic carbocycles. The molecular formula is C12H18N4O2. The van der Waals surface area contributed by atoms with Crippen molar-refractivity contribution < 1.29 is 4.74 Å². The zero-order valence-corrected chi connectivity index (χ0v) is 10.8. The minimum Gasteiger partial charge on any atom is -0.378 e. The van der Waals surface area contributed by atoms with Crippen molar-refractivity contribution in [3.8, 4) is 0 Å². The lowest BCUT2D eigenvalue weighted by molar-refractivity contribution is 0.122. The Kier molecular flexibility index (Phi) is 2.55. The standard InChI is InChI=1S/C12H18N4O2/c1-12(2)8-16-10(17)7-9(13-11(16)14-12)15-3-5-18-6-4-15/h7H,3-6,8H2,1-2H3,(H,13,14). The second-order valence-corrected chi connectivity index (χ2v) is 5.47. The van der Waals surface area contributed by atoms with Crippen molar-refractivity contribution in [3.05, 3.63) is 16.4 Å². The van der Waals surface area contributed by atoms with Crippen LogP contribution in [0.25, 0.3) is 0 Å². The molecule has 98 valence electrons. The van der Waals surface area contributed by atoms with Gasteiger partial charge in [0.05, 0.1) is 25.3 Å². The Bertz CT molecular complexity index is 517. The van der Waals surface area contributed by atoms with Gasteiger partial charge in [-0.05, 0) is 13.8 Å². The fourth-order valence-corrected chi connectivity index (χ4v) is 2.43. The number of aromatic nitrogens is 2. The molecule has 18 heavy (non-hydrogen) atoms. The van der Waals surface area contributed by atoms with Gasteiger partial charge in [-0.2, -0.15) is 4.98 Å². The van der Waals surface area contributed by atoms with E-state index >= 15 is 0 Å². The Hall–Kier alpha value is -1.56. The highest BCUT2D eigenvalue weighted by molar-refractivity contribution is 5.46. The summed E-state index contributed by atoms with van der Waals surface area (Å²) in [5, 5.41) is 3.29. The number of ether oxygens (including phenoxy) is 1. The van der Waals surface area contributed by atoms with Crippen molar-refractivity contribution in [2.24, 2.45) is 0 Å². The van der Waals surface area contributed by atoms with Crippen molar-refractivity contribution in [1.82, 2.24) is 9.55 Å². The normalized spacial score (nSPS) is 21.6. The predicted octanol–water partition coefficient (Wildman–Crippen LogP) is 0.284. The Morgan fingerprint density at radius 3 is 2.83 bits per heavy atom. The van der Waals surface area contributed by atoms with Gasteiger partial charge in [-0.15, -0.1) is 0 Å². The van der Waals surface area contributed by atoms with E-state index < -0.39 is 0 Å². The Balaban J connectivity index is 1.95. The van der Waals surface area contributed by atoms with Gasteiger partial charge in [-0.1, -0.05) is 0 Å². The first-order chi connectivity index (χ1) is 8.55. The number of hydrogen-bond acceptors (Lipinski definition) is 5. The van der Waals surface area contributed by atoms with Gasteiger partial charge < -0.3 is 15.0 Å². The van der Waals surface area contributed by atoms with E-state index in [9.17, 15) is 4.79 Å². The lowest BCUT2D eigenvalue weighted by Crippen LogP contribution is -2.37. The molecule has 0 atom stereocenters. The molecule has 1 aromatic rings. The van der Waals surface area contributed by atoms with E-state index in [-0.39, 0.29) is 11.1 Å². The van der Waals surface area contributed by atoms with Crippen molar-refractivity contribution in [2.75, 3.05) is 36.5 Å². The van der Waals surface area contributed by atoms with Crippen LogP contribution in [0.4, 0.5) is 11.8 Å². The zero-order valence-electron chi connectivity index (χ0n) is 10.8. The first kappa shape index (κ1) is 11.5. The quantitative estimate of drug-likeness (QED) is 0.776. The van der Waals surface area contributed by atoms with Gasteiger partial charge in [0.25, 0.3) is 5.56 Å². The van der Waals surface area contributed by atoms with Gasteiger partial charge in [0.15, 0.2) is 0 Å². The van der Waals surface area contributed by atoms with Gasteiger partial charge in [-0.3, -0.25) is 9.36 Å². The molecule has 1 N–H and O–H groups in total. The Morgan fingerprint density at radius 2 is 2.11 bits per heavy atom. The van der Waals surface area contributed by atoms with Gasteiger partial charge in [-0.25, -0.2) is 0 Å². The summed E-state index contributed by atoms with van der Waals surface area (Å²) in [4.78, 5) is 18.7. The topological polar surface area (TPSA) is 59.4 Å². The Morgan fingerprint density at radius 1 is 1.39 bits per heavy atom. The highest BCUT2D eigenvalue weighted by Gasteiger charge is 2.30. The highest BCUT2D eigenvalue weighted by Crippen LogP contribution is 2.24. The summed E-state index contributed by atoms with van der Waals surface area (Å²) in [6.07, 6.45) is 0. The maximum Gasteiger partial charge on any atom is 0.257 e. The molecule has 3 rings (SSSR count). The fourth-order valence-electron chi connectivity index (χ4n) is 2.43. The number of nitrogens with one attached hydrogen (secondary N) is 1.